The third-order valence-corrected chi connectivity index (χ3v) is 3.84. The Labute approximate surface area is 133 Å². The normalized spacial score (nSPS) is 19.1. The molecule has 2 amide bonds. The van der Waals surface area contributed by atoms with Crippen molar-refractivity contribution in [3.63, 3.8) is 0 Å². The zero-order chi connectivity index (χ0) is 17.0. The molecule has 2 heterocycles. The number of urea groups is 1. The highest BCUT2D eigenvalue weighted by molar-refractivity contribution is 5.73. The fourth-order valence-electron chi connectivity index (χ4n) is 2.74. The van der Waals surface area contributed by atoms with Gasteiger partial charge in [0.2, 0.25) is 0 Å². The van der Waals surface area contributed by atoms with Crippen molar-refractivity contribution in [2.75, 3.05) is 33.2 Å². The summed E-state index contributed by atoms with van der Waals surface area (Å²) in [4.78, 5) is 14.9. The summed E-state index contributed by atoms with van der Waals surface area (Å²) in [6, 6.07) is -0.233. The van der Waals surface area contributed by atoms with Crippen LogP contribution in [0.5, 0.6) is 0 Å². The van der Waals surface area contributed by atoms with E-state index < -0.39 is 12.7 Å². The topological polar surface area (TPSA) is 53.4 Å². The predicted octanol–water partition coefficient (Wildman–Crippen LogP) is 1.45. The zero-order valence-corrected chi connectivity index (χ0v) is 13.3. The van der Waals surface area contributed by atoms with E-state index in [2.05, 4.69) is 10.4 Å². The quantitative estimate of drug-likeness (QED) is 0.887. The maximum absolute atomic E-state index is 12.3. The average Bonchev–Trinajstić information content (AvgIpc) is 3.03. The SMILES string of the molecule is CN(Cc1cnn(C)c1)C(=O)NCC1CCN(CC(F)(F)F)C1. The minimum Gasteiger partial charge on any atom is -0.338 e. The number of alkyl halides is 3. The second-order valence-electron chi connectivity index (χ2n) is 6.07. The second-order valence-corrected chi connectivity index (χ2v) is 6.07. The van der Waals surface area contributed by atoms with Gasteiger partial charge in [-0.3, -0.25) is 9.58 Å². The van der Waals surface area contributed by atoms with Gasteiger partial charge >= 0.3 is 12.2 Å². The number of amides is 2. The summed E-state index contributed by atoms with van der Waals surface area (Å²) in [5, 5.41) is 6.82. The first kappa shape index (κ1) is 17.6. The van der Waals surface area contributed by atoms with Gasteiger partial charge in [0.1, 0.15) is 0 Å². The van der Waals surface area contributed by atoms with Crippen molar-refractivity contribution in [3.05, 3.63) is 18.0 Å². The van der Waals surface area contributed by atoms with Gasteiger partial charge in [-0.2, -0.15) is 18.3 Å². The highest BCUT2D eigenvalue weighted by Crippen LogP contribution is 2.22. The maximum Gasteiger partial charge on any atom is 0.401 e. The highest BCUT2D eigenvalue weighted by atomic mass is 19.4. The van der Waals surface area contributed by atoms with Crippen LogP contribution in [0.4, 0.5) is 18.0 Å². The number of nitrogens with one attached hydrogen (secondary N) is 1. The first-order valence-corrected chi connectivity index (χ1v) is 7.48. The number of hydrogen-bond acceptors (Lipinski definition) is 3. The summed E-state index contributed by atoms with van der Waals surface area (Å²) < 4.78 is 38.7. The molecule has 0 radical (unpaired) electrons. The lowest BCUT2D eigenvalue weighted by atomic mass is 10.1. The molecule has 23 heavy (non-hydrogen) atoms. The lowest BCUT2D eigenvalue weighted by Gasteiger charge is -2.20. The fraction of sp³-hybridized carbons (Fsp3) is 0.714. The third-order valence-electron chi connectivity index (χ3n) is 3.84. The lowest BCUT2D eigenvalue weighted by molar-refractivity contribution is -0.143. The van der Waals surface area contributed by atoms with Gasteiger partial charge in [-0.25, -0.2) is 4.79 Å². The molecule has 0 bridgehead atoms. The Morgan fingerprint density at radius 2 is 2.26 bits per heavy atom. The minimum absolute atomic E-state index is 0.0630. The summed E-state index contributed by atoms with van der Waals surface area (Å²) >= 11 is 0. The van der Waals surface area contributed by atoms with Crippen LogP contribution >= 0.6 is 0 Å². The molecule has 0 aliphatic carbocycles. The molecule has 1 N–H and O–H groups in total. The number of rotatable bonds is 5. The minimum atomic E-state index is -4.16. The van der Waals surface area contributed by atoms with Crippen LogP contribution in [0.1, 0.15) is 12.0 Å². The van der Waals surface area contributed by atoms with E-state index in [4.69, 9.17) is 0 Å². The van der Waals surface area contributed by atoms with Gasteiger partial charge in [0.05, 0.1) is 19.3 Å². The zero-order valence-electron chi connectivity index (χ0n) is 13.3. The van der Waals surface area contributed by atoms with Gasteiger partial charge in [-0.15, -0.1) is 0 Å². The molecule has 6 nitrogen and oxygen atoms in total. The van der Waals surface area contributed by atoms with Crippen LogP contribution in [-0.2, 0) is 13.6 Å². The summed E-state index contributed by atoms with van der Waals surface area (Å²) in [6.07, 6.45) is 0.0241. The Morgan fingerprint density at radius 1 is 1.52 bits per heavy atom. The largest absolute Gasteiger partial charge is 0.401 e. The summed E-state index contributed by atoms with van der Waals surface area (Å²) in [6.45, 7) is 0.741. The van der Waals surface area contributed by atoms with E-state index in [-0.39, 0.29) is 11.9 Å². The number of carbonyl (C=O) groups is 1. The summed E-state index contributed by atoms with van der Waals surface area (Å²) in [5.74, 6) is 0.0630. The molecule has 1 atom stereocenters. The number of aryl methyl sites for hydroxylation is 1. The van der Waals surface area contributed by atoms with Gasteiger partial charge in [-0.05, 0) is 18.9 Å². The maximum atomic E-state index is 12.3. The van der Waals surface area contributed by atoms with Crippen LogP contribution in [-0.4, -0.2) is 65.0 Å². The van der Waals surface area contributed by atoms with Crippen LogP contribution < -0.4 is 5.32 Å². The van der Waals surface area contributed by atoms with Gasteiger partial charge in [-0.1, -0.05) is 0 Å². The molecular formula is C14H22F3N5O. The van der Waals surface area contributed by atoms with Gasteiger partial charge in [0.25, 0.3) is 0 Å². The standard InChI is InChI=1S/C14H22F3N5O/c1-20(7-12-6-19-21(2)8-12)13(23)18-5-11-3-4-22(9-11)10-14(15,16)17/h6,8,11H,3-5,7,9-10H2,1-2H3,(H,18,23). The molecule has 130 valence electrons. The van der Waals surface area contributed by atoms with Crippen LogP contribution in [0.15, 0.2) is 12.4 Å². The number of carbonyl (C=O) groups excluding carboxylic acids is 1. The number of nitrogens with zero attached hydrogens (tertiary/aromatic N) is 4. The predicted molar refractivity (Wildman–Crippen MR) is 78.7 cm³/mol. The fourth-order valence-corrected chi connectivity index (χ4v) is 2.74. The molecule has 1 aromatic rings. The second kappa shape index (κ2) is 7.20. The monoisotopic (exact) mass is 333 g/mol. The molecule has 1 aliphatic heterocycles. The van der Waals surface area contributed by atoms with E-state index in [1.807, 2.05) is 6.20 Å². The first-order chi connectivity index (χ1) is 10.7. The van der Waals surface area contributed by atoms with Crippen molar-refractivity contribution >= 4 is 6.03 Å². The van der Waals surface area contributed by atoms with E-state index >= 15 is 0 Å². The number of halogens is 3. The van der Waals surface area contributed by atoms with Crippen molar-refractivity contribution in [1.82, 2.24) is 24.9 Å². The van der Waals surface area contributed by atoms with Crippen molar-refractivity contribution < 1.29 is 18.0 Å². The molecule has 1 unspecified atom stereocenters. The van der Waals surface area contributed by atoms with E-state index in [1.165, 1.54) is 9.80 Å². The Hall–Kier alpha value is -1.77. The number of aromatic nitrogens is 2. The molecule has 2 rings (SSSR count). The number of likely N-dealkylation sites (tertiary alicyclic amines) is 1. The van der Waals surface area contributed by atoms with E-state index in [1.54, 1.807) is 25.0 Å². The average molecular weight is 333 g/mol. The van der Waals surface area contributed by atoms with Crippen LogP contribution in [0, 0.1) is 5.92 Å². The van der Waals surface area contributed by atoms with Gasteiger partial charge in [0.15, 0.2) is 0 Å². The van der Waals surface area contributed by atoms with Gasteiger partial charge < -0.3 is 10.2 Å². The lowest BCUT2D eigenvalue weighted by Crippen LogP contribution is -2.40. The molecule has 0 aromatic carbocycles. The smallest absolute Gasteiger partial charge is 0.338 e. The Kier molecular flexibility index (Phi) is 5.51. The van der Waals surface area contributed by atoms with Crippen molar-refractivity contribution in [2.24, 2.45) is 13.0 Å². The summed E-state index contributed by atoms with van der Waals surface area (Å²) in [7, 11) is 3.48. The Morgan fingerprint density at radius 3 is 2.87 bits per heavy atom. The number of hydrogen-bond donors (Lipinski definition) is 1. The van der Waals surface area contributed by atoms with Crippen molar-refractivity contribution in [2.45, 2.75) is 19.1 Å². The van der Waals surface area contributed by atoms with Crippen LogP contribution in [0.2, 0.25) is 0 Å². The van der Waals surface area contributed by atoms with Crippen LogP contribution in [0.3, 0.4) is 0 Å². The molecular weight excluding hydrogens is 311 g/mol. The van der Waals surface area contributed by atoms with Crippen molar-refractivity contribution in [3.8, 4) is 0 Å². The Balaban J connectivity index is 1.70. The molecule has 1 aliphatic rings. The first-order valence-electron chi connectivity index (χ1n) is 7.48. The van der Waals surface area contributed by atoms with Crippen LogP contribution in [0.25, 0.3) is 0 Å². The highest BCUT2D eigenvalue weighted by Gasteiger charge is 2.34. The van der Waals surface area contributed by atoms with Gasteiger partial charge in [0, 0.05) is 38.9 Å². The molecule has 1 fully saturated rings. The molecule has 1 aromatic heterocycles. The van der Waals surface area contributed by atoms with E-state index in [9.17, 15) is 18.0 Å². The summed E-state index contributed by atoms with van der Waals surface area (Å²) in [5.41, 5.74) is 0.919. The Bertz CT molecular complexity index is 531. The van der Waals surface area contributed by atoms with E-state index in [0.29, 0.717) is 32.6 Å². The van der Waals surface area contributed by atoms with Crippen molar-refractivity contribution in [1.29, 1.82) is 0 Å². The molecule has 0 spiro atoms. The molecule has 9 heteroatoms. The molecule has 0 saturated carbocycles. The van der Waals surface area contributed by atoms with E-state index in [0.717, 1.165) is 5.56 Å². The third kappa shape index (κ3) is 5.74. The molecule has 1 saturated heterocycles.